The van der Waals surface area contributed by atoms with E-state index >= 15 is 0 Å². The van der Waals surface area contributed by atoms with Gasteiger partial charge in [0.15, 0.2) is 0 Å². The molecule has 0 aliphatic carbocycles. The van der Waals surface area contributed by atoms with Crippen molar-refractivity contribution in [2.24, 2.45) is 13.0 Å². The van der Waals surface area contributed by atoms with Crippen LogP contribution in [-0.4, -0.2) is 34.3 Å². The fourth-order valence-corrected chi connectivity index (χ4v) is 2.50. The fourth-order valence-electron chi connectivity index (χ4n) is 2.50. The Balaban J connectivity index is 0.00000180. The highest BCUT2D eigenvalue weighted by atomic mass is 35.5. The molecular formula is C13H23ClN4O. The predicted octanol–water partition coefficient (Wildman–Crippen LogP) is 1.27. The van der Waals surface area contributed by atoms with E-state index in [1.165, 1.54) is 0 Å². The first-order chi connectivity index (χ1) is 8.49. The highest BCUT2D eigenvalue weighted by Crippen LogP contribution is 2.16. The van der Waals surface area contributed by atoms with Crippen LogP contribution < -0.4 is 10.6 Å². The lowest BCUT2D eigenvalue weighted by Gasteiger charge is -2.35. The van der Waals surface area contributed by atoms with E-state index in [4.69, 9.17) is 0 Å². The summed E-state index contributed by atoms with van der Waals surface area (Å²) < 4.78 is 1.72. The van der Waals surface area contributed by atoms with Crippen LogP contribution in [-0.2, 0) is 7.05 Å². The summed E-state index contributed by atoms with van der Waals surface area (Å²) in [6.45, 7) is 7.27. The van der Waals surface area contributed by atoms with Gasteiger partial charge in [-0.15, -0.1) is 12.4 Å². The lowest BCUT2D eigenvalue weighted by Crippen LogP contribution is -2.55. The van der Waals surface area contributed by atoms with E-state index < -0.39 is 0 Å². The SMILES string of the molecule is Cc1cc(C(=O)NC2C(C)CCNC2C)nn1C.Cl. The van der Waals surface area contributed by atoms with E-state index in [1.54, 1.807) is 4.68 Å². The lowest BCUT2D eigenvalue weighted by atomic mass is 9.89. The monoisotopic (exact) mass is 286 g/mol. The third kappa shape index (κ3) is 3.48. The number of rotatable bonds is 2. The van der Waals surface area contributed by atoms with Gasteiger partial charge in [0, 0.05) is 24.8 Å². The van der Waals surface area contributed by atoms with Gasteiger partial charge in [0.05, 0.1) is 0 Å². The van der Waals surface area contributed by atoms with Gasteiger partial charge in [-0.05, 0) is 38.8 Å². The zero-order valence-electron chi connectivity index (χ0n) is 11.9. The Labute approximate surface area is 120 Å². The molecule has 0 bridgehead atoms. The number of nitrogens with one attached hydrogen (secondary N) is 2. The van der Waals surface area contributed by atoms with Gasteiger partial charge in [0.25, 0.3) is 5.91 Å². The molecule has 1 aromatic heterocycles. The Morgan fingerprint density at radius 2 is 2.21 bits per heavy atom. The average molecular weight is 287 g/mol. The highest BCUT2D eigenvalue weighted by Gasteiger charge is 2.29. The Kier molecular flexibility index (Phi) is 5.38. The number of amides is 1. The number of carbonyl (C=O) groups is 1. The molecule has 3 atom stereocenters. The maximum Gasteiger partial charge on any atom is 0.272 e. The number of aryl methyl sites for hydroxylation is 2. The molecule has 2 heterocycles. The molecule has 19 heavy (non-hydrogen) atoms. The minimum atomic E-state index is -0.0777. The van der Waals surface area contributed by atoms with Crippen molar-refractivity contribution in [1.29, 1.82) is 0 Å². The van der Waals surface area contributed by atoms with Crippen LogP contribution in [0.15, 0.2) is 6.07 Å². The van der Waals surface area contributed by atoms with Crippen molar-refractivity contribution in [1.82, 2.24) is 20.4 Å². The van der Waals surface area contributed by atoms with Gasteiger partial charge in [-0.3, -0.25) is 9.48 Å². The second-order valence-electron chi connectivity index (χ2n) is 5.30. The average Bonchev–Trinajstić information content (AvgIpc) is 2.64. The van der Waals surface area contributed by atoms with Crippen molar-refractivity contribution in [3.05, 3.63) is 17.5 Å². The summed E-state index contributed by atoms with van der Waals surface area (Å²) in [6, 6.07) is 2.30. The summed E-state index contributed by atoms with van der Waals surface area (Å²) in [5.41, 5.74) is 1.49. The van der Waals surface area contributed by atoms with Crippen LogP contribution in [0.1, 0.15) is 36.5 Å². The predicted molar refractivity (Wildman–Crippen MR) is 77.7 cm³/mol. The topological polar surface area (TPSA) is 59.0 Å². The van der Waals surface area contributed by atoms with Crippen LogP contribution >= 0.6 is 12.4 Å². The molecule has 0 radical (unpaired) electrons. The Bertz CT molecular complexity index is 416. The van der Waals surface area contributed by atoms with Gasteiger partial charge in [-0.1, -0.05) is 6.92 Å². The molecule has 1 aliphatic heterocycles. The van der Waals surface area contributed by atoms with Crippen LogP contribution in [0.25, 0.3) is 0 Å². The first-order valence-corrected chi connectivity index (χ1v) is 6.54. The summed E-state index contributed by atoms with van der Waals surface area (Å²) in [4.78, 5) is 12.2. The molecule has 1 saturated heterocycles. The minimum Gasteiger partial charge on any atom is -0.346 e. The minimum absolute atomic E-state index is 0. The van der Waals surface area contributed by atoms with Crippen molar-refractivity contribution in [3.8, 4) is 0 Å². The maximum atomic E-state index is 12.2. The van der Waals surface area contributed by atoms with Crippen molar-refractivity contribution < 1.29 is 4.79 Å². The van der Waals surface area contributed by atoms with Crippen molar-refractivity contribution in [3.63, 3.8) is 0 Å². The van der Waals surface area contributed by atoms with Gasteiger partial charge < -0.3 is 10.6 Å². The standard InChI is InChI=1S/C13H22N4O.ClH/c1-8-5-6-14-10(3)12(8)15-13(18)11-7-9(2)17(4)16-11;/h7-8,10,12,14H,5-6H2,1-4H3,(H,15,18);1H. The molecule has 2 N–H and O–H groups in total. The molecule has 5 nitrogen and oxygen atoms in total. The molecule has 2 rings (SSSR count). The second-order valence-corrected chi connectivity index (χ2v) is 5.30. The second kappa shape index (κ2) is 6.39. The van der Waals surface area contributed by atoms with E-state index in [-0.39, 0.29) is 24.4 Å². The molecule has 0 aromatic carbocycles. The Hall–Kier alpha value is -1.07. The molecule has 6 heteroatoms. The van der Waals surface area contributed by atoms with Gasteiger partial charge in [0.2, 0.25) is 0 Å². The quantitative estimate of drug-likeness (QED) is 0.861. The zero-order valence-corrected chi connectivity index (χ0v) is 12.8. The molecular weight excluding hydrogens is 264 g/mol. The summed E-state index contributed by atoms with van der Waals surface area (Å²) >= 11 is 0. The number of hydrogen-bond acceptors (Lipinski definition) is 3. The van der Waals surface area contributed by atoms with Crippen LogP contribution in [0.5, 0.6) is 0 Å². The van der Waals surface area contributed by atoms with E-state index in [2.05, 4.69) is 29.6 Å². The first-order valence-electron chi connectivity index (χ1n) is 6.54. The summed E-state index contributed by atoms with van der Waals surface area (Å²) in [6.07, 6.45) is 1.09. The molecule has 1 aromatic rings. The molecule has 1 fully saturated rings. The number of piperidine rings is 1. The summed E-state index contributed by atoms with van der Waals surface area (Å²) in [5, 5.41) is 10.7. The van der Waals surface area contributed by atoms with Crippen LogP contribution in [0, 0.1) is 12.8 Å². The molecule has 108 valence electrons. The fraction of sp³-hybridized carbons (Fsp3) is 0.692. The number of aromatic nitrogens is 2. The van der Waals surface area contributed by atoms with Gasteiger partial charge >= 0.3 is 0 Å². The number of carbonyl (C=O) groups excluding carboxylic acids is 1. The number of nitrogens with zero attached hydrogens (tertiary/aromatic N) is 2. The molecule has 1 aliphatic rings. The van der Waals surface area contributed by atoms with Crippen molar-refractivity contribution >= 4 is 18.3 Å². The third-order valence-electron chi connectivity index (χ3n) is 3.86. The molecule has 0 spiro atoms. The lowest BCUT2D eigenvalue weighted by molar-refractivity contribution is 0.0892. The van der Waals surface area contributed by atoms with Crippen LogP contribution in [0.2, 0.25) is 0 Å². The number of halogens is 1. The van der Waals surface area contributed by atoms with E-state index in [0.717, 1.165) is 18.7 Å². The molecule has 1 amide bonds. The van der Waals surface area contributed by atoms with E-state index in [9.17, 15) is 4.79 Å². The highest BCUT2D eigenvalue weighted by molar-refractivity contribution is 5.92. The van der Waals surface area contributed by atoms with E-state index in [1.807, 2.05) is 20.0 Å². The first kappa shape index (κ1) is 16.0. The normalized spacial score (nSPS) is 26.6. The van der Waals surface area contributed by atoms with Crippen molar-refractivity contribution in [2.45, 2.75) is 39.3 Å². The number of hydrogen-bond donors (Lipinski definition) is 2. The molecule has 0 saturated carbocycles. The largest absolute Gasteiger partial charge is 0.346 e. The van der Waals surface area contributed by atoms with Gasteiger partial charge in [-0.25, -0.2) is 0 Å². The Morgan fingerprint density at radius 1 is 1.53 bits per heavy atom. The van der Waals surface area contributed by atoms with E-state index in [0.29, 0.717) is 17.7 Å². The van der Waals surface area contributed by atoms with Crippen molar-refractivity contribution in [2.75, 3.05) is 6.54 Å². The smallest absolute Gasteiger partial charge is 0.272 e. The van der Waals surface area contributed by atoms with Crippen LogP contribution in [0.4, 0.5) is 0 Å². The van der Waals surface area contributed by atoms with Gasteiger partial charge in [-0.2, -0.15) is 5.10 Å². The van der Waals surface area contributed by atoms with Crippen LogP contribution in [0.3, 0.4) is 0 Å². The summed E-state index contributed by atoms with van der Waals surface area (Å²) in [7, 11) is 1.85. The van der Waals surface area contributed by atoms with Gasteiger partial charge in [0.1, 0.15) is 5.69 Å². The third-order valence-corrected chi connectivity index (χ3v) is 3.86. The zero-order chi connectivity index (χ0) is 13.3. The molecule has 3 unspecified atom stereocenters. The summed E-state index contributed by atoms with van der Waals surface area (Å²) in [5.74, 6) is 0.418. The Morgan fingerprint density at radius 3 is 2.74 bits per heavy atom. The maximum absolute atomic E-state index is 12.2.